The molecule has 0 N–H and O–H groups in total. The first-order chi connectivity index (χ1) is 14.6. The lowest BCUT2D eigenvalue weighted by Gasteiger charge is -2.29. The predicted molar refractivity (Wildman–Crippen MR) is 117 cm³/mol. The molecule has 1 saturated heterocycles. The maximum Gasteiger partial charge on any atom is 0.227 e. The van der Waals surface area contributed by atoms with Gasteiger partial charge < -0.3 is 24.0 Å². The highest BCUT2D eigenvalue weighted by atomic mass is 35.5. The minimum atomic E-state index is 0.0258. The normalized spacial score (nSPS) is 16.1. The van der Waals surface area contributed by atoms with Gasteiger partial charge in [-0.05, 0) is 35.4 Å². The molecule has 0 saturated carbocycles. The van der Waals surface area contributed by atoms with Crippen molar-refractivity contribution in [3.8, 4) is 11.5 Å². The van der Waals surface area contributed by atoms with Crippen LogP contribution in [0.25, 0.3) is 0 Å². The molecule has 0 aliphatic carbocycles. The van der Waals surface area contributed by atoms with E-state index in [0.29, 0.717) is 36.3 Å². The lowest BCUT2D eigenvalue weighted by atomic mass is 10.1. The maximum absolute atomic E-state index is 12.8. The van der Waals surface area contributed by atoms with Gasteiger partial charge in [-0.2, -0.15) is 0 Å². The summed E-state index contributed by atoms with van der Waals surface area (Å²) in [6.45, 7) is 5.08. The molecule has 160 valence electrons. The van der Waals surface area contributed by atoms with Gasteiger partial charge in [-0.25, -0.2) is 0 Å². The number of hydrogen-bond donors (Lipinski definition) is 0. The van der Waals surface area contributed by atoms with Crippen LogP contribution in [0.1, 0.15) is 17.5 Å². The Hall–Kier alpha value is -2.44. The summed E-state index contributed by atoms with van der Waals surface area (Å²) in [6, 6.07) is 12.0. The molecule has 1 amide bonds. The van der Waals surface area contributed by atoms with E-state index in [4.69, 9.17) is 25.8 Å². The Morgan fingerprint density at radius 2 is 1.77 bits per heavy atom. The zero-order valence-electron chi connectivity index (χ0n) is 17.2. The molecule has 2 aromatic carbocycles. The van der Waals surface area contributed by atoms with E-state index in [0.717, 1.165) is 43.9 Å². The number of hydrogen-bond acceptors (Lipinski definition) is 5. The van der Waals surface area contributed by atoms with Gasteiger partial charge in [0.2, 0.25) is 5.91 Å². The average Bonchev–Trinajstić information content (AvgIpc) is 3.01. The SMILES string of the molecule is CN(Cc1ccc(N2CCOCC2)cc1)C(=O)Cc1cc(Cl)c2c(c1)OCCCO2. The molecule has 0 aromatic heterocycles. The summed E-state index contributed by atoms with van der Waals surface area (Å²) in [4.78, 5) is 16.8. The summed E-state index contributed by atoms with van der Waals surface area (Å²) in [5, 5.41) is 0.485. The molecule has 2 aliphatic heterocycles. The van der Waals surface area contributed by atoms with E-state index in [1.807, 2.05) is 13.1 Å². The van der Waals surface area contributed by atoms with Gasteiger partial charge in [-0.1, -0.05) is 23.7 Å². The number of rotatable bonds is 5. The summed E-state index contributed by atoms with van der Waals surface area (Å²) < 4.78 is 16.8. The second-order valence-electron chi connectivity index (χ2n) is 7.65. The van der Waals surface area contributed by atoms with E-state index in [1.54, 1.807) is 11.0 Å². The Morgan fingerprint density at radius 3 is 2.53 bits per heavy atom. The van der Waals surface area contributed by atoms with Crippen molar-refractivity contribution in [3.63, 3.8) is 0 Å². The van der Waals surface area contributed by atoms with Crippen LogP contribution >= 0.6 is 11.6 Å². The van der Waals surface area contributed by atoms with Gasteiger partial charge in [-0.3, -0.25) is 4.79 Å². The van der Waals surface area contributed by atoms with E-state index in [2.05, 4.69) is 29.2 Å². The van der Waals surface area contributed by atoms with Crippen LogP contribution < -0.4 is 14.4 Å². The average molecular weight is 431 g/mol. The van der Waals surface area contributed by atoms with Crippen molar-refractivity contribution in [3.05, 3.63) is 52.5 Å². The lowest BCUT2D eigenvalue weighted by molar-refractivity contribution is -0.129. The smallest absolute Gasteiger partial charge is 0.227 e. The summed E-state index contributed by atoms with van der Waals surface area (Å²) in [5.41, 5.74) is 3.11. The molecule has 2 aromatic rings. The van der Waals surface area contributed by atoms with Crippen molar-refractivity contribution in [2.75, 3.05) is 51.5 Å². The Balaban J connectivity index is 1.37. The third-order valence-electron chi connectivity index (χ3n) is 5.38. The van der Waals surface area contributed by atoms with Crippen LogP contribution in [0, 0.1) is 0 Å². The van der Waals surface area contributed by atoms with E-state index in [9.17, 15) is 4.79 Å². The first-order valence-electron chi connectivity index (χ1n) is 10.3. The molecule has 4 rings (SSSR count). The molecule has 0 unspecified atom stereocenters. The zero-order chi connectivity index (χ0) is 20.9. The number of morpholine rings is 1. The minimum Gasteiger partial charge on any atom is -0.489 e. The summed E-state index contributed by atoms with van der Waals surface area (Å²) in [5.74, 6) is 1.21. The predicted octanol–water partition coefficient (Wildman–Crippen LogP) is 3.54. The number of anilines is 1. The van der Waals surface area contributed by atoms with E-state index >= 15 is 0 Å². The van der Waals surface area contributed by atoms with Crippen molar-refractivity contribution in [1.29, 1.82) is 0 Å². The molecule has 0 spiro atoms. The van der Waals surface area contributed by atoms with Crippen LogP contribution in [-0.2, 0) is 22.5 Å². The van der Waals surface area contributed by atoms with Crippen molar-refractivity contribution in [1.82, 2.24) is 4.90 Å². The number of likely N-dealkylation sites (N-methyl/N-ethyl adjacent to an activating group) is 1. The van der Waals surface area contributed by atoms with Crippen molar-refractivity contribution < 1.29 is 19.0 Å². The fourth-order valence-corrected chi connectivity index (χ4v) is 3.98. The highest BCUT2D eigenvalue weighted by Crippen LogP contribution is 2.38. The fourth-order valence-electron chi connectivity index (χ4n) is 3.69. The van der Waals surface area contributed by atoms with Crippen molar-refractivity contribution in [2.45, 2.75) is 19.4 Å². The molecule has 6 nitrogen and oxygen atoms in total. The maximum atomic E-state index is 12.8. The molecule has 2 aliphatic rings. The molecular formula is C23H27ClN2O4. The molecule has 7 heteroatoms. The van der Waals surface area contributed by atoms with Crippen LogP contribution in [0.4, 0.5) is 5.69 Å². The van der Waals surface area contributed by atoms with Crippen LogP contribution in [0.2, 0.25) is 5.02 Å². The number of carbonyl (C=O) groups excluding carboxylic acids is 1. The van der Waals surface area contributed by atoms with Gasteiger partial charge in [0.25, 0.3) is 0 Å². The molecule has 0 radical (unpaired) electrons. The highest BCUT2D eigenvalue weighted by molar-refractivity contribution is 6.32. The van der Waals surface area contributed by atoms with Gasteiger partial charge in [0.05, 0.1) is 37.9 Å². The first-order valence-corrected chi connectivity index (χ1v) is 10.7. The Kier molecular flexibility index (Phi) is 6.65. The monoisotopic (exact) mass is 430 g/mol. The van der Waals surface area contributed by atoms with Crippen molar-refractivity contribution >= 4 is 23.2 Å². The number of amides is 1. The lowest BCUT2D eigenvalue weighted by Crippen LogP contribution is -2.36. The third-order valence-corrected chi connectivity index (χ3v) is 5.66. The number of carbonyl (C=O) groups is 1. The fraction of sp³-hybridized carbons (Fsp3) is 0.435. The van der Waals surface area contributed by atoms with Crippen LogP contribution in [0.15, 0.2) is 36.4 Å². The van der Waals surface area contributed by atoms with E-state index in [1.165, 1.54) is 5.69 Å². The van der Waals surface area contributed by atoms with Crippen LogP contribution in [0.5, 0.6) is 11.5 Å². The van der Waals surface area contributed by atoms with Crippen LogP contribution in [-0.4, -0.2) is 57.4 Å². The Morgan fingerprint density at radius 1 is 1.03 bits per heavy atom. The van der Waals surface area contributed by atoms with Crippen LogP contribution in [0.3, 0.4) is 0 Å². The minimum absolute atomic E-state index is 0.0258. The topological polar surface area (TPSA) is 51.2 Å². The van der Waals surface area contributed by atoms with Gasteiger partial charge in [0.15, 0.2) is 11.5 Å². The quantitative estimate of drug-likeness (QED) is 0.726. The molecule has 30 heavy (non-hydrogen) atoms. The molecule has 2 heterocycles. The second kappa shape index (κ2) is 9.58. The standard InChI is InChI=1S/C23H27ClN2O4/c1-25(16-17-3-5-19(6-4-17)26-7-11-28-12-8-26)22(27)15-18-13-20(24)23-21(14-18)29-9-2-10-30-23/h3-6,13-14H,2,7-12,15-16H2,1H3. The molecule has 0 atom stereocenters. The highest BCUT2D eigenvalue weighted by Gasteiger charge is 2.18. The largest absolute Gasteiger partial charge is 0.489 e. The number of benzene rings is 2. The van der Waals surface area contributed by atoms with Crippen molar-refractivity contribution in [2.24, 2.45) is 0 Å². The number of ether oxygens (including phenoxy) is 3. The summed E-state index contributed by atoms with van der Waals surface area (Å²) in [6.07, 6.45) is 1.07. The number of halogens is 1. The van der Waals surface area contributed by atoms with Gasteiger partial charge >= 0.3 is 0 Å². The summed E-state index contributed by atoms with van der Waals surface area (Å²) >= 11 is 6.35. The van der Waals surface area contributed by atoms with Gasteiger partial charge in [0.1, 0.15) is 0 Å². The van der Waals surface area contributed by atoms with Gasteiger partial charge in [0, 0.05) is 38.8 Å². The Bertz CT molecular complexity index is 882. The third kappa shape index (κ3) is 4.99. The molecular weight excluding hydrogens is 404 g/mol. The molecule has 1 fully saturated rings. The second-order valence-corrected chi connectivity index (χ2v) is 8.06. The number of fused-ring (bicyclic) bond motifs is 1. The summed E-state index contributed by atoms with van der Waals surface area (Å²) in [7, 11) is 1.82. The molecule has 0 bridgehead atoms. The Labute approximate surface area is 182 Å². The van der Waals surface area contributed by atoms with Gasteiger partial charge in [-0.15, -0.1) is 0 Å². The zero-order valence-corrected chi connectivity index (χ0v) is 18.0. The first kappa shape index (κ1) is 20.8. The van der Waals surface area contributed by atoms with E-state index in [-0.39, 0.29) is 12.3 Å². The number of nitrogens with zero attached hydrogens (tertiary/aromatic N) is 2. The van der Waals surface area contributed by atoms with E-state index < -0.39 is 0 Å².